The Morgan fingerprint density at radius 1 is 1.25 bits per heavy atom. The van der Waals surface area contributed by atoms with Gasteiger partial charge in [-0.3, -0.25) is 9.59 Å². The van der Waals surface area contributed by atoms with E-state index in [2.05, 4.69) is 5.32 Å². The Morgan fingerprint density at radius 2 is 1.85 bits per heavy atom. The van der Waals surface area contributed by atoms with Crippen molar-refractivity contribution in [2.24, 2.45) is 5.92 Å². The molecular formula is C15H19ClN2O2. The van der Waals surface area contributed by atoms with Crippen molar-refractivity contribution in [2.75, 3.05) is 0 Å². The molecule has 1 aliphatic heterocycles. The number of piperazine rings is 1. The largest absolute Gasteiger partial charge is 0.343 e. The zero-order valence-corrected chi connectivity index (χ0v) is 12.6. The summed E-state index contributed by atoms with van der Waals surface area (Å²) in [5.41, 5.74) is 0.968. The van der Waals surface area contributed by atoms with Crippen LogP contribution in [0.5, 0.6) is 0 Å². The topological polar surface area (TPSA) is 49.4 Å². The molecule has 2 atom stereocenters. The quantitative estimate of drug-likeness (QED) is 0.929. The minimum absolute atomic E-state index is 0.0433. The second kappa shape index (κ2) is 5.83. The first-order valence-corrected chi connectivity index (χ1v) is 7.13. The summed E-state index contributed by atoms with van der Waals surface area (Å²) >= 11 is 5.86. The average molecular weight is 295 g/mol. The third-order valence-electron chi connectivity index (χ3n) is 3.51. The average Bonchev–Trinajstić information content (AvgIpc) is 2.37. The van der Waals surface area contributed by atoms with Crippen molar-refractivity contribution in [3.63, 3.8) is 0 Å². The fourth-order valence-corrected chi connectivity index (χ4v) is 2.64. The molecule has 0 aliphatic carbocycles. The van der Waals surface area contributed by atoms with Gasteiger partial charge in [0.2, 0.25) is 11.8 Å². The van der Waals surface area contributed by atoms with Crippen molar-refractivity contribution < 1.29 is 9.59 Å². The van der Waals surface area contributed by atoms with E-state index >= 15 is 0 Å². The van der Waals surface area contributed by atoms with Crippen LogP contribution in [0, 0.1) is 5.92 Å². The number of nitrogens with zero attached hydrogens (tertiary/aromatic N) is 1. The van der Waals surface area contributed by atoms with Gasteiger partial charge in [0.05, 0.1) is 0 Å². The van der Waals surface area contributed by atoms with Gasteiger partial charge in [0, 0.05) is 11.6 Å². The van der Waals surface area contributed by atoms with E-state index in [0.717, 1.165) is 5.56 Å². The predicted molar refractivity (Wildman–Crippen MR) is 78.2 cm³/mol. The molecule has 108 valence electrons. The summed E-state index contributed by atoms with van der Waals surface area (Å²) in [6.07, 6.45) is 0. The number of carbonyl (C=O) groups excluding carboxylic acids is 2. The molecule has 1 N–H and O–H groups in total. The van der Waals surface area contributed by atoms with E-state index in [1.165, 1.54) is 0 Å². The molecule has 0 aromatic heterocycles. The molecule has 1 aromatic carbocycles. The van der Waals surface area contributed by atoms with Gasteiger partial charge in [0.15, 0.2) is 0 Å². The minimum Gasteiger partial charge on any atom is -0.343 e. The number of benzene rings is 1. The van der Waals surface area contributed by atoms with Gasteiger partial charge in [0.25, 0.3) is 0 Å². The van der Waals surface area contributed by atoms with Crippen LogP contribution < -0.4 is 5.32 Å². The standard InChI is InChI=1S/C15H19ClN2O2/c1-9(2)13-14(19)17-10(3)15(20)18(13)8-11-4-6-12(16)7-5-11/h4-7,9-10,13H,8H2,1-3H3,(H,17,19). The summed E-state index contributed by atoms with van der Waals surface area (Å²) in [6.45, 7) is 6.03. The number of hydrogen-bond donors (Lipinski definition) is 1. The van der Waals surface area contributed by atoms with E-state index in [1.807, 2.05) is 26.0 Å². The van der Waals surface area contributed by atoms with Crippen LogP contribution in [-0.2, 0) is 16.1 Å². The van der Waals surface area contributed by atoms with E-state index in [1.54, 1.807) is 24.0 Å². The SMILES string of the molecule is CC1NC(=O)C(C(C)C)N(Cc2ccc(Cl)cc2)C1=O. The van der Waals surface area contributed by atoms with E-state index in [0.29, 0.717) is 11.6 Å². The molecule has 2 rings (SSSR count). The van der Waals surface area contributed by atoms with Gasteiger partial charge in [-0.2, -0.15) is 0 Å². The molecule has 1 fully saturated rings. The number of halogens is 1. The van der Waals surface area contributed by atoms with Crippen LogP contribution in [0.25, 0.3) is 0 Å². The van der Waals surface area contributed by atoms with Crippen molar-refractivity contribution in [1.82, 2.24) is 10.2 Å². The zero-order chi connectivity index (χ0) is 14.9. The minimum atomic E-state index is -0.468. The van der Waals surface area contributed by atoms with Crippen molar-refractivity contribution in [3.8, 4) is 0 Å². The monoisotopic (exact) mass is 294 g/mol. The van der Waals surface area contributed by atoms with Gasteiger partial charge in [-0.15, -0.1) is 0 Å². The highest BCUT2D eigenvalue weighted by Gasteiger charge is 2.39. The van der Waals surface area contributed by atoms with E-state index in [-0.39, 0.29) is 17.7 Å². The van der Waals surface area contributed by atoms with Gasteiger partial charge in [-0.1, -0.05) is 37.6 Å². The molecule has 20 heavy (non-hydrogen) atoms. The third kappa shape index (κ3) is 2.96. The van der Waals surface area contributed by atoms with Crippen LogP contribution >= 0.6 is 11.6 Å². The summed E-state index contributed by atoms with van der Waals surface area (Å²) in [4.78, 5) is 26.1. The maximum atomic E-state index is 12.3. The zero-order valence-electron chi connectivity index (χ0n) is 11.9. The highest BCUT2D eigenvalue weighted by molar-refractivity contribution is 6.30. The fourth-order valence-electron chi connectivity index (χ4n) is 2.51. The summed E-state index contributed by atoms with van der Waals surface area (Å²) in [5, 5.41) is 3.39. The molecule has 2 amide bonds. The van der Waals surface area contributed by atoms with Gasteiger partial charge >= 0.3 is 0 Å². The smallest absolute Gasteiger partial charge is 0.245 e. The van der Waals surface area contributed by atoms with Crippen molar-refractivity contribution in [1.29, 1.82) is 0 Å². The van der Waals surface area contributed by atoms with E-state index in [9.17, 15) is 9.59 Å². The Hall–Kier alpha value is -1.55. The van der Waals surface area contributed by atoms with Crippen LogP contribution in [0.4, 0.5) is 0 Å². The molecule has 1 aliphatic rings. The molecule has 0 radical (unpaired) electrons. The second-order valence-electron chi connectivity index (χ2n) is 5.51. The van der Waals surface area contributed by atoms with Gasteiger partial charge in [-0.05, 0) is 30.5 Å². The van der Waals surface area contributed by atoms with Crippen molar-refractivity contribution in [3.05, 3.63) is 34.9 Å². The molecule has 1 heterocycles. The Kier molecular flexibility index (Phi) is 4.33. The molecule has 0 bridgehead atoms. The van der Waals surface area contributed by atoms with Crippen LogP contribution in [0.15, 0.2) is 24.3 Å². The van der Waals surface area contributed by atoms with Crippen LogP contribution in [0.3, 0.4) is 0 Å². The second-order valence-corrected chi connectivity index (χ2v) is 5.95. The highest BCUT2D eigenvalue weighted by Crippen LogP contribution is 2.21. The fraction of sp³-hybridized carbons (Fsp3) is 0.467. The number of carbonyl (C=O) groups is 2. The first kappa shape index (κ1) is 14.9. The predicted octanol–water partition coefficient (Wildman–Crippen LogP) is 2.21. The van der Waals surface area contributed by atoms with Crippen molar-refractivity contribution in [2.45, 2.75) is 39.4 Å². The van der Waals surface area contributed by atoms with Gasteiger partial charge in [0.1, 0.15) is 12.1 Å². The number of nitrogens with one attached hydrogen (secondary N) is 1. The van der Waals surface area contributed by atoms with Crippen LogP contribution in [0.2, 0.25) is 5.02 Å². The van der Waals surface area contributed by atoms with Crippen LogP contribution in [-0.4, -0.2) is 28.8 Å². The molecule has 2 unspecified atom stereocenters. The lowest BCUT2D eigenvalue weighted by atomic mass is 9.96. The summed E-state index contributed by atoms with van der Waals surface area (Å²) < 4.78 is 0. The van der Waals surface area contributed by atoms with Crippen LogP contribution in [0.1, 0.15) is 26.3 Å². The first-order chi connectivity index (χ1) is 9.40. The maximum Gasteiger partial charge on any atom is 0.245 e. The molecule has 4 nitrogen and oxygen atoms in total. The van der Waals surface area contributed by atoms with Gasteiger partial charge < -0.3 is 10.2 Å². The third-order valence-corrected chi connectivity index (χ3v) is 3.77. The number of hydrogen-bond acceptors (Lipinski definition) is 2. The van der Waals surface area contributed by atoms with Crippen molar-refractivity contribution >= 4 is 23.4 Å². The number of rotatable bonds is 3. The molecular weight excluding hydrogens is 276 g/mol. The Labute approximate surface area is 124 Å². The first-order valence-electron chi connectivity index (χ1n) is 6.75. The molecule has 5 heteroatoms. The Morgan fingerprint density at radius 3 is 2.40 bits per heavy atom. The summed E-state index contributed by atoms with van der Waals surface area (Å²) in [5.74, 6) is -0.0573. The number of amides is 2. The Balaban J connectivity index is 2.26. The lowest BCUT2D eigenvalue weighted by molar-refractivity contribution is -0.151. The maximum absolute atomic E-state index is 12.3. The van der Waals surface area contributed by atoms with E-state index < -0.39 is 12.1 Å². The summed E-state index contributed by atoms with van der Waals surface area (Å²) in [6, 6.07) is 6.45. The lowest BCUT2D eigenvalue weighted by Crippen LogP contribution is -2.63. The normalized spacial score (nSPS) is 23.1. The van der Waals surface area contributed by atoms with E-state index in [4.69, 9.17) is 11.6 Å². The molecule has 1 saturated heterocycles. The van der Waals surface area contributed by atoms with Gasteiger partial charge in [-0.25, -0.2) is 0 Å². The highest BCUT2D eigenvalue weighted by atomic mass is 35.5. The summed E-state index contributed by atoms with van der Waals surface area (Å²) in [7, 11) is 0. The molecule has 0 saturated carbocycles. The lowest BCUT2D eigenvalue weighted by Gasteiger charge is -2.40. The Bertz CT molecular complexity index is 513. The molecule has 0 spiro atoms. The molecule has 1 aromatic rings.